The van der Waals surface area contributed by atoms with Crippen molar-refractivity contribution in [3.63, 3.8) is 0 Å². The smallest absolute Gasteiger partial charge is 0.744 e. The summed E-state index contributed by atoms with van der Waals surface area (Å²) < 4.78 is 101. The number of azide groups is 1. The van der Waals surface area contributed by atoms with E-state index in [1.54, 1.807) is 0 Å². The summed E-state index contributed by atoms with van der Waals surface area (Å²) in [6, 6.07) is 2.13. The zero-order valence-corrected chi connectivity index (χ0v) is 17.5. The second-order valence-corrected chi connectivity index (χ2v) is 7.48. The van der Waals surface area contributed by atoms with Gasteiger partial charge in [-0.2, -0.15) is 0 Å². The first-order valence-corrected chi connectivity index (χ1v) is 8.54. The summed E-state index contributed by atoms with van der Waals surface area (Å²) >= 11 is 0. The summed E-state index contributed by atoms with van der Waals surface area (Å²) in [5.74, 6) is -8.25. The molecule has 6 nitrogen and oxygen atoms in total. The van der Waals surface area contributed by atoms with Crippen LogP contribution in [0.3, 0.4) is 0 Å². The van der Waals surface area contributed by atoms with Gasteiger partial charge >= 0.3 is 29.6 Å². The van der Waals surface area contributed by atoms with E-state index in [2.05, 4.69) is 10.0 Å². The predicted molar refractivity (Wildman–Crippen MR) is 80.6 cm³/mol. The fraction of sp³-hybridized carbons (Fsp3) is 0.571. The zero-order valence-electron chi connectivity index (χ0n) is 14.7. The molecule has 2 atom stereocenters. The van der Waals surface area contributed by atoms with E-state index in [9.17, 15) is 34.9 Å². The average molecular weight is 423 g/mol. The van der Waals surface area contributed by atoms with Crippen LogP contribution in [-0.4, -0.2) is 30.5 Å². The molecule has 0 aliphatic heterocycles. The zero-order chi connectivity index (χ0) is 20.4. The van der Waals surface area contributed by atoms with E-state index in [-0.39, 0.29) is 42.0 Å². The van der Waals surface area contributed by atoms with Gasteiger partial charge in [-0.25, -0.2) is 30.4 Å². The Balaban J connectivity index is 0.00000676. The molecular formula is C14H15F5N3NaO3S. The molecule has 27 heavy (non-hydrogen) atoms. The van der Waals surface area contributed by atoms with E-state index in [4.69, 9.17) is 5.53 Å². The van der Waals surface area contributed by atoms with Crippen LogP contribution in [0.25, 0.3) is 10.4 Å². The van der Waals surface area contributed by atoms with E-state index < -0.39 is 51.4 Å². The van der Waals surface area contributed by atoms with Crippen molar-refractivity contribution in [1.29, 1.82) is 0 Å². The van der Waals surface area contributed by atoms with Crippen molar-refractivity contribution in [2.24, 2.45) is 5.11 Å². The largest absolute Gasteiger partial charge is 1.00 e. The van der Waals surface area contributed by atoms with Crippen LogP contribution in [0.2, 0.25) is 0 Å². The first-order valence-electron chi connectivity index (χ1n) is 7.14. The molecule has 1 rings (SSSR count). The van der Waals surface area contributed by atoms with Crippen molar-refractivity contribution in [3.8, 4) is 0 Å². The van der Waals surface area contributed by atoms with Crippen molar-refractivity contribution in [1.82, 2.24) is 0 Å². The van der Waals surface area contributed by atoms with Crippen LogP contribution in [0.4, 0.5) is 22.0 Å². The number of halogens is 5. The van der Waals surface area contributed by atoms with Crippen molar-refractivity contribution < 1.29 is 64.5 Å². The molecular weight excluding hydrogens is 408 g/mol. The summed E-state index contributed by atoms with van der Waals surface area (Å²) in [5.41, 5.74) is 5.04. The van der Waals surface area contributed by atoms with E-state index in [1.807, 2.05) is 0 Å². The van der Waals surface area contributed by atoms with Gasteiger partial charge in [-0.1, -0.05) is 17.2 Å². The van der Waals surface area contributed by atoms with E-state index >= 15 is 0 Å². The number of hydrogen-bond donors (Lipinski definition) is 0. The Bertz CT molecular complexity index is 791. The first kappa shape index (κ1) is 26.1. The van der Waals surface area contributed by atoms with Crippen LogP contribution in [0.5, 0.6) is 0 Å². The topological polar surface area (TPSA) is 106 Å². The maximum Gasteiger partial charge on any atom is 1.00 e. The van der Waals surface area contributed by atoms with Gasteiger partial charge in [0.25, 0.3) is 11.8 Å². The summed E-state index contributed by atoms with van der Waals surface area (Å²) in [4.78, 5) is 1.78. The minimum atomic E-state index is -4.77. The van der Waals surface area contributed by atoms with Crippen molar-refractivity contribution in [2.75, 3.05) is 0 Å². The maximum absolute atomic E-state index is 14.5. The number of benzene rings is 1. The second kappa shape index (κ2) is 9.06. The Hall–Kier alpha value is -0.910. The molecule has 0 fully saturated rings. The molecule has 2 unspecified atom stereocenters. The Labute approximate surface area is 174 Å². The molecule has 13 heteroatoms. The Kier molecular flexibility index (Phi) is 8.75. The minimum absolute atomic E-state index is 0. The number of alkyl halides is 5. The Morgan fingerprint density at radius 1 is 1.15 bits per heavy atom. The number of nitrogens with zero attached hydrogens (tertiary/aromatic N) is 3. The van der Waals surface area contributed by atoms with Crippen LogP contribution < -0.4 is 29.6 Å². The summed E-state index contributed by atoms with van der Waals surface area (Å²) in [6.45, 7) is 0.638. The molecule has 1 aromatic rings. The van der Waals surface area contributed by atoms with Crippen LogP contribution in [0.15, 0.2) is 34.3 Å². The van der Waals surface area contributed by atoms with E-state index in [0.717, 1.165) is 24.3 Å². The molecule has 0 saturated carbocycles. The molecule has 0 amide bonds. The van der Waals surface area contributed by atoms with Gasteiger partial charge in [-0.05, 0) is 43.5 Å². The van der Waals surface area contributed by atoms with Crippen LogP contribution in [-0.2, 0) is 10.1 Å². The molecule has 0 saturated heterocycles. The molecule has 0 radical (unpaired) electrons. The molecule has 146 valence electrons. The molecule has 0 aliphatic carbocycles. The molecule has 0 bridgehead atoms. The fourth-order valence-electron chi connectivity index (χ4n) is 2.23. The molecule has 0 N–H and O–H groups in total. The van der Waals surface area contributed by atoms with Gasteiger partial charge in [0.05, 0.1) is 17.4 Å². The van der Waals surface area contributed by atoms with E-state index in [0.29, 0.717) is 6.92 Å². The average Bonchev–Trinajstić information content (AvgIpc) is 2.43. The Morgan fingerprint density at radius 3 is 2.00 bits per heavy atom. The first-order chi connectivity index (χ1) is 11.6. The summed E-state index contributed by atoms with van der Waals surface area (Å²) in [7, 11) is -4.77. The monoisotopic (exact) mass is 423 g/mol. The third-order valence-corrected chi connectivity index (χ3v) is 4.47. The molecule has 0 aliphatic rings. The van der Waals surface area contributed by atoms with E-state index in [1.165, 1.54) is 0 Å². The van der Waals surface area contributed by atoms with Crippen LogP contribution >= 0.6 is 0 Å². The fourth-order valence-corrected chi connectivity index (χ4v) is 2.70. The summed E-state index contributed by atoms with van der Waals surface area (Å²) in [6.07, 6.45) is -3.17. The maximum atomic E-state index is 14.5. The van der Waals surface area contributed by atoms with Crippen LogP contribution in [0, 0.1) is 0 Å². The van der Waals surface area contributed by atoms with Crippen molar-refractivity contribution in [3.05, 3.63) is 40.3 Å². The number of hydrogen-bond acceptors (Lipinski definition) is 4. The third kappa shape index (κ3) is 7.55. The molecule has 0 spiro atoms. The van der Waals surface area contributed by atoms with Gasteiger partial charge in [0.1, 0.15) is 10.1 Å². The minimum Gasteiger partial charge on any atom is -0.744 e. The van der Waals surface area contributed by atoms with Gasteiger partial charge in [0, 0.05) is 4.91 Å². The predicted octanol–water partition coefficient (Wildman–Crippen LogP) is 1.75. The molecule has 0 aromatic heterocycles. The van der Waals surface area contributed by atoms with Gasteiger partial charge in [0.2, 0.25) is 0 Å². The van der Waals surface area contributed by atoms with Crippen LogP contribution in [0.1, 0.15) is 38.3 Å². The Morgan fingerprint density at radius 2 is 1.63 bits per heavy atom. The second-order valence-electron chi connectivity index (χ2n) is 6.10. The third-order valence-electron chi connectivity index (χ3n) is 3.62. The molecule has 1 aromatic carbocycles. The SMILES string of the molecule is CC(F)(F)CC(F)(F)C(C)(F)CC(N=[N+]=[N-])c1ccc(S(=O)(=O)[O-])cc1.[Na+]. The van der Waals surface area contributed by atoms with Gasteiger partial charge < -0.3 is 4.55 Å². The summed E-state index contributed by atoms with van der Waals surface area (Å²) in [5, 5.41) is 3.17. The quantitative estimate of drug-likeness (QED) is 0.159. The van der Waals surface area contributed by atoms with Crippen molar-refractivity contribution >= 4 is 10.1 Å². The standard InChI is InChI=1S/C14H16F5N3O3S.Na/c1-12(15,14(18,19)8-13(2,16)17)7-11(21-22-20)9-3-5-10(6-4-9)26(23,24)25;/h3-6,11H,7-8H2,1-2H3,(H,23,24,25);/q;+1/p-1. The van der Waals surface area contributed by atoms with Gasteiger partial charge in [0.15, 0.2) is 5.67 Å². The number of rotatable bonds is 8. The van der Waals surface area contributed by atoms with Gasteiger partial charge in [-0.3, -0.25) is 0 Å². The normalized spacial score (nSPS) is 15.9. The van der Waals surface area contributed by atoms with Crippen molar-refractivity contribution in [2.45, 2.75) is 55.1 Å². The van der Waals surface area contributed by atoms with Gasteiger partial charge in [-0.15, -0.1) is 0 Å². The molecule has 0 heterocycles.